The van der Waals surface area contributed by atoms with Gasteiger partial charge in [0.1, 0.15) is 5.75 Å². The summed E-state index contributed by atoms with van der Waals surface area (Å²) in [5.74, 6) is 1.51. The lowest BCUT2D eigenvalue weighted by Gasteiger charge is -2.31. The van der Waals surface area contributed by atoms with E-state index in [0.29, 0.717) is 30.6 Å². The van der Waals surface area contributed by atoms with E-state index < -0.39 is 0 Å². The number of aliphatic hydroxyl groups excluding tert-OH is 1. The van der Waals surface area contributed by atoms with E-state index in [1.807, 2.05) is 12.1 Å². The van der Waals surface area contributed by atoms with Crippen LogP contribution >= 0.6 is 0 Å². The predicted molar refractivity (Wildman–Crippen MR) is 77.8 cm³/mol. The summed E-state index contributed by atoms with van der Waals surface area (Å²) in [6, 6.07) is 7.25. The van der Waals surface area contributed by atoms with E-state index in [1.54, 1.807) is 12.1 Å². The Morgan fingerprint density at radius 1 is 1.45 bits per heavy atom. The van der Waals surface area contributed by atoms with Crippen LogP contribution in [0.2, 0.25) is 0 Å². The Balaban J connectivity index is 1.84. The first-order chi connectivity index (χ1) is 9.54. The fourth-order valence-corrected chi connectivity index (χ4v) is 2.20. The number of carbonyl (C=O) groups excluding carboxylic acids is 1. The van der Waals surface area contributed by atoms with E-state index in [-0.39, 0.29) is 12.0 Å². The minimum absolute atomic E-state index is 0.0820. The van der Waals surface area contributed by atoms with E-state index in [0.717, 1.165) is 18.6 Å². The summed E-state index contributed by atoms with van der Waals surface area (Å²) in [5.41, 5.74) is 0.617. The number of benzene rings is 1. The number of hydrogen-bond donors (Lipinski definition) is 2. The lowest BCUT2D eigenvalue weighted by atomic mass is 9.82. The minimum atomic E-state index is -0.176. The summed E-state index contributed by atoms with van der Waals surface area (Å²) in [4.78, 5) is 12.0. The van der Waals surface area contributed by atoms with Crippen LogP contribution in [0.4, 0.5) is 0 Å². The Bertz CT molecular complexity index is 453. The van der Waals surface area contributed by atoms with Gasteiger partial charge < -0.3 is 15.2 Å². The van der Waals surface area contributed by atoms with Crippen molar-refractivity contribution in [1.82, 2.24) is 5.32 Å². The van der Waals surface area contributed by atoms with Gasteiger partial charge in [-0.2, -0.15) is 0 Å². The van der Waals surface area contributed by atoms with Crippen LogP contribution in [0, 0.1) is 11.8 Å². The summed E-state index contributed by atoms with van der Waals surface area (Å²) in [5, 5.41) is 12.1. The van der Waals surface area contributed by atoms with Crippen molar-refractivity contribution >= 4 is 5.91 Å². The summed E-state index contributed by atoms with van der Waals surface area (Å²) in [6.07, 6.45) is 1.40. The molecule has 1 amide bonds. The molecule has 0 bridgehead atoms. The highest BCUT2D eigenvalue weighted by molar-refractivity contribution is 5.94. The van der Waals surface area contributed by atoms with Crippen LogP contribution in [0.3, 0.4) is 0 Å². The van der Waals surface area contributed by atoms with Crippen LogP contribution in [-0.2, 0) is 0 Å². The molecule has 1 saturated carbocycles. The van der Waals surface area contributed by atoms with E-state index in [9.17, 15) is 9.90 Å². The Hall–Kier alpha value is -1.55. The van der Waals surface area contributed by atoms with Gasteiger partial charge in [0.2, 0.25) is 0 Å². The highest BCUT2D eigenvalue weighted by atomic mass is 16.5. The van der Waals surface area contributed by atoms with Crippen molar-refractivity contribution < 1.29 is 14.6 Å². The SMILES string of the molecule is CC(C)COc1cccc(C(=O)NCC2CC(O)C2)c1. The minimum Gasteiger partial charge on any atom is -0.493 e. The molecule has 0 saturated heterocycles. The second-order valence-corrected chi connectivity index (χ2v) is 5.93. The van der Waals surface area contributed by atoms with E-state index in [1.165, 1.54) is 0 Å². The highest BCUT2D eigenvalue weighted by Crippen LogP contribution is 2.26. The zero-order chi connectivity index (χ0) is 14.5. The van der Waals surface area contributed by atoms with Gasteiger partial charge in [-0.15, -0.1) is 0 Å². The molecule has 0 radical (unpaired) electrons. The molecule has 2 N–H and O–H groups in total. The van der Waals surface area contributed by atoms with Crippen LogP contribution < -0.4 is 10.1 Å². The molecule has 1 aliphatic rings. The third kappa shape index (κ3) is 4.23. The second kappa shape index (κ2) is 6.75. The van der Waals surface area contributed by atoms with E-state index in [2.05, 4.69) is 19.2 Å². The highest BCUT2D eigenvalue weighted by Gasteiger charge is 2.27. The van der Waals surface area contributed by atoms with E-state index in [4.69, 9.17) is 4.74 Å². The number of nitrogens with one attached hydrogen (secondary N) is 1. The predicted octanol–water partition coefficient (Wildman–Crippen LogP) is 2.22. The van der Waals surface area contributed by atoms with Gasteiger partial charge in [-0.1, -0.05) is 19.9 Å². The molecule has 0 atom stereocenters. The molecule has 110 valence electrons. The normalized spacial score (nSPS) is 21.4. The number of aliphatic hydroxyl groups is 1. The molecule has 0 spiro atoms. The Morgan fingerprint density at radius 2 is 2.20 bits per heavy atom. The molecule has 0 heterocycles. The number of amides is 1. The van der Waals surface area contributed by atoms with Crippen molar-refractivity contribution in [2.45, 2.75) is 32.8 Å². The molecule has 1 aromatic carbocycles. The maximum Gasteiger partial charge on any atom is 0.251 e. The summed E-state index contributed by atoms with van der Waals surface area (Å²) in [6.45, 7) is 5.45. The molecule has 1 aromatic rings. The van der Waals surface area contributed by atoms with Crippen molar-refractivity contribution in [3.63, 3.8) is 0 Å². The van der Waals surface area contributed by atoms with Crippen LogP contribution in [0.15, 0.2) is 24.3 Å². The zero-order valence-corrected chi connectivity index (χ0v) is 12.1. The number of rotatable bonds is 6. The molecule has 20 heavy (non-hydrogen) atoms. The van der Waals surface area contributed by atoms with Crippen LogP contribution in [-0.4, -0.2) is 30.3 Å². The smallest absolute Gasteiger partial charge is 0.251 e. The molecule has 0 unspecified atom stereocenters. The maximum atomic E-state index is 12.0. The summed E-state index contributed by atoms with van der Waals surface area (Å²) >= 11 is 0. The monoisotopic (exact) mass is 277 g/mol. The molecule has 1 fully saturated rings. The lowest BCUT2D eigenvalue weighted by Crippen LogP contribution is -2.38. The summed E-state index contributed by atoms with van der Waals surface area (Å²) in [7, 11) is 0. The third-order valence-electron chi connectivity index (χ3n) is 3.44. The molecular weight excluding hydrogens is 254 g/mol. The molecule has 1 aliphatic carbocycles. The van der Waals surface area contributed by atoms with Gasteiger partial charge >= 0.3 is 0 Å². The first kappa shape index (κ1) is 14.9. The first-order valence-corrected chi connectivity index (χ1v) is 7.23. The third-order valence-corrected chi connectivity index (χ3v) is 3.44. The van der Waals surface area contributed by atoms with Crippen molar-refractivity contribution in [1.29, 1.82) is 0 Å². The molecular formula is C16H23NO3. The number of carbonyl (C=O) groups is 1. The molecule has 4 nitrogen and oxygen atoms in total. The van der Waals surface area contributed by atoms with Crippen LogP contribution in [0.5, 0.6) is 5.75 Å². The van der Waals surface area contributed by atoms with Gasteiger partial charge in [0.05, 0.1) is 12.7 Å². The average Bonchev–Trinajstić information content (AvgIpc) is 2.40. The molecule has 0 aromatic heterocycles. The van der Waals surface area contributed by atoms with Gasteiger partial charge in [-0.05, 0) is 42.9 Å². The first-order valence-electron chi connectivity index (χ1n) is 7.23. The average molecular weight is 277 g/mol. The fraction of sp³-hybridized carbons (Fsp3) is 0.562. The number of ether oxygens (including phenoxy) is 1. The Labute approximate surface area is 120 Å². The van der Waals surface area contributed by atoms with Crippen molar-refractivity contribution in [2.24, 2.45) is 11.8 Å². The van der Waals surface area contributed by atoms with Crippen LogP contribution in [0.25, 0.3) is 0 Å². The summed E-state index contributed by atoms with van der Waals surface area (Å²) < 4.78 is 5.62. The fourth-order valence-electron chi connectivity index (χ4n) is 2.20. The largest absolute Gasteiger partial charge is 0.493 e. The van der Waals surface area contributed by atoms with Crippen LogP contribution in [0.1, 0.15) is 37.0 Å². The number of hydrogen-bond acceptors (Lipinski definition) is 3. The van der Waals surface area contributed by atoms with Crippen molar-refractivity contribution in [3.8, 4) is 5.75 Å². The quantitative estimate of drug-likeness (QED) is 0.838. The lowest BCUT2D eigenvalue weighted by molar-refractivity contribution is 0.0420. The van der Waals surface area contributed by atoms with Crippen molar-refractivity contribution in [2.75, 3.05) is 13.2 Å². The van der Waals surface area contributed by atoms with Gasteiger partial charge in [0.15, 0.2) is 0 Å². The zero-order valence-electron chi connectivity index (χ0n) is 12.1. The van der Waals surface area contributed by atoms with Gasteiger partial charge in [-0.25, -0.2) is 0 Å². The van der Waals surface area contributed by atoms with Gasteiger partial charge in [-0.3, -0.25) is 4.79 Å². The second-order valence-electron chi connectivity index (χ2n) is 5.93. The van der Waals surface area contributed by atoms with Gasteiger partial charge in [0.25, 0.3) is 5.91 Å². The molecule has 0 aliphatic heterocycles. The standard InChI is InChI=1S/C16H23NO3/c1-11(2)10-20-15-5-3-4-13(8-15)16(19)17-9-12-6-14(18)7-12/h3-5,8,11-12,14,18H,6-7,9-10H2,1-2H3,(H,17,19). The molecule has 4 heteroatoms. The van der Waals surface area contributed by atoms with E-state index >= 15 is 0 Å². The maximum absolute atomic E-state index is 12.0. The van der Waals surface area contributed by atoms with Gasteiger partial charge in [0, 0.05) is 12.1 Å². The topological polar surface area (TPSA) is 58.6 Å². The Kier molecular flexibility index (Phi) is 5.01. The Morgan fingerprint density at radius 3 is 2.85 bits per heavy atom. The van der Waals surface area contributed by atoms with Crippen molar-refractivity contribution in [3.05, 3.63) is 29.8 Å². The molecule has 2 rings (SSSR count).